The number of nitrogens with two attached hydrogens (primary N) is 1. The van der Waals surface area contributed by atoms with Crippen LogP contribution in [0, 0.1) is 6.92 Å². The van der Waals surface area contributed by atoms with Crippen LogP contribution in [0.5, 0.6) is 0 Å². The van der Waals surface area contributed by atoms with Gasteiger partial charge in [-0.3, -0.25) is 0 Å². The molecule has 0 aliphatic carbocycles. The Morgan fingerprint density at radius 3 is 3.00 bits per heavy atom. The molecule has 2 heterocycles. The van der Waals surface area contributed by atoms with Crippen molar-refractivity contribution in [1.82, 2.24) is 4.98 Å². The van der Waals surface area contributed by atoms with Crippen LogP contribution in [0.25, 0.3) is 0 Å². The summed E-state index contributed by atoms with van der Waals surface area (Å²) in [6.45, 7) is 3.75. The second-order valence-electron chi connectivity index (χ2n) is 4.85. The molecular formula is C13H20BrN3O. The third-order valence-electron chi connectivity index (χ3n) is 3.40. The highest BCUT2D eigenvalue weighted by Gasteiger charge is 2.18. The molecule has 1 aromatic rings. The van der Waals surface area contributed by atoms with Crippen molar-refractivity contribution in [3.63, 3.8) is 0 Å². The summed E-state index contributed by atoms with van der Waals surface area (Å²) in [4.78, 5) is 6.53. The van der Waals surface area contributed by atoms with Gasteiger partial charge in [0.15, 0.2) is 0 Å². The third kappa shape index (κ3) is 2.95. The number of hydrogen-bond acceptors (Lipinski definition) is 4. The van der Waals surface area contributed by atoms with Crippen molar-refractivity contribution in [3.05, 3.63) is 16.2 Å². The van der Waals surface area contributed by atoms with Crippen LogP contribution >= 0.6 is 15.9 Å². The number of halogens is 1. The quantitative estimate of drug-likeness (QED) is 0.932. The zero-order valence-corrected chi connectivity index (χ0v) is 12.5. The Morgan fingerprint density at radius 2 is 2.33 bits per heavy atom. The highest BCUT2D eigenvalue weighted by molar-refractivity contribution is 9.10. The van der Waals surface area contributed by atoms with Crippen LogP contribution in [0.2, 0.25) is 0 Å². The lowest BCUT2D eigenvalue weighted by Crippen LogP contribution is -2.34. The fourth-order valence-corrected chi connectivity index (χ4v) is 2.82. The molecule has 0 saturated carbocycles. The van der Waals surface area contributed by atoms with E-state index in [1.807, 2.05) is 14.0 Å². The predicted octanol–water partition coefficient (Wildman–Crippen LogP) is 2.74. The normalized spacial score (nSPS) is 19.8. The molecule has 0 bridgehead atoms. The van der Waals surface area contributed by atoms with Crippen molar-refractivity contribution >= 4 is 27.4 Å². The van der Waals surface area contributed by atoms with Crippen LogP contribution in [0.15, 0.2) is 10.7 Å². The van der Waals surface area contributed by atoms with E-state index in [0.717, 1.165) is 35.4 Å². The summed E-state index contributed by atoms with van der Waals surface area (Å²) in [6.07, 6.45) is 5.61. The van der Waals surface area contributed by atoms with Gasteiger partial charge in [-0.05, 0) is 47.7 Å². The fourth-order valence-electron chi connectivity index (χ4n) is 2.19. The standard InChI is InChI=1S/C13H20BrN3O/c1-9-11(15)7-16-13(12(9)14)17(2)8-10-5-3-4-6-18-10/h7,10H,3-6,8,15H2,1-2H3. The number of hydrogen-bond donors (Lipinski definition) is 1. The van der Waals surface area contributed by atoms with E-state index in [9.17, 15) is 0 Å². The predicted molar refractivity (Wildman–Crippen MR) is 77.9 cm³/mol. The lowest BCUT2D eigenvalue weighted by atomic mass is 10.1. The third-order valence-corrected chi connectivity index (χ3v) is 4.35. The first-order chi connectivity index (χ1) is 8.59. The molecule has 5 heteroatoms. The van der Waals surface area contributed by atoms with Crippen LogP contribution in [-0.2, 0) is 4.74 Å². The zero-order valence-electron chi connectivity index (χ0n) is 10.9. The minimum absolute atomic E-state index is 0.315. The van der Waals surface area contributed by atoms with Gasteiger partial charge in [0.2, 0.25) is 0 Å². The van der Waals surface area contributed by atoms with Crippen molar-refractivity contribution in [2.24, 2.45) is 0 Å². The maximum absolute atomic E-state index is 5.84. The van der Waals surface area contributed by atoms with Crippen molar-refractivity contribution < 1.29 is 4.74 Å². The molecule has 1 aliphatic heterocycles. The van der Waals surface area contributed by atoms with Crippen LogP contribution < -0.4 is 10.6 Å². The summed E-state index contributed by atoms with van der Waals surface area (Å²) >= 11 is 3.57. The maximum atomic E-state index is 5.84. The molecule has 0 amide bonds. The molecule has 1 fully saturated rings. The Morgan fingerprint density at radius 1 is 1.56 bits per heavy atom. The number of pyridine rings is 1. The van der Waals surface area contributed by atoms with Gasteiger partial charge in [0.25, 0.3) is 0 Å². The SMILES string of the molecule is Cc1c(N)cnc(N(C)CC2CCCCO2)c1Br. The fraction of sp³-hybridized carbons (Fsp3) is 0.615. The van der Waals surface area contributed by atoms with Crippen LogP contribution in [-0.4, -0.2) is 31.3 Å². The van der Waals surface area contributed by atoms with E-state index in [0.29, 0.717) is 11.8 Å². The molecule has 1 atom stereocenters. The van der Waals surface area contributed by atoms with Crippen LogP contribution in [0.3, 0.4) is 0 Å². The first-order valence-corrected chi connectivity index (χ1v) is 7.12. The molecule has 0 spiro atoms. The topological polar surface area (TPSA) is 51.4 Å². The van der Waals surface area contributed by atoms with Gasteiger partial charge in [-0.25, -0.2) is 4.98 Å². The Balaban J connectivity index is 2.08. The van der Waals surface area contributed by atoms with Crippen molar-refractivity contribution in [2.75, 3.05) is 30.8 Å². The molecule has 1 saturated heterocycles. The second kappa shape index (κ2) is 5.89. The summed E-state index contributed by atoms with van der Waals surface area (Å²) < 4.78 is 6.73. The highest BCUT2D eigenvalue weighted by atomic mass is 79.9. The van der Waals surface area contributed by atoms with Gasteiger partial charge in [0.1, 0.15) is 5.82 Å². The summed E-state index contributed by atoms with van der Waals surface area (Å²) in [5.74, 6) is 0.927. The van der Waals surface area contributed by atoms with Gasteiger partial charge < -0.3 is 15.4 Å². The molecule has 18 heavy (non-hydrogen) atoms. The first kappa shape index (κ1) is 13.6. The number of ether oxygens (including phenoxy) is 1. The van der Waals surface area contributed by atoms with Gasteiger partial charge in [0.05, 0.1) is 22.5 Å². The van der Waals surface area contributed by atoms with Gasteiger partial charge in [0, 0.05) is 20.2 Å². The molecule has 2 rings (SSSR count). The second-order valence-corrected chi connectivity index (χ2v) is 5.64. The monoisotopic (exact) mass is 313 g/mol. The minimum atomic E-state index is 0.315. The maximum Gasteiger partial charge on any atom is 0.143 e. The van der Waals surface area contributed by atoms with E-state index >= 15 is 0 Å². The lowest BCUT2D eigenvalue weighted by Gasteiger charge is -2.28. The Kier molecular flexibility index (Phi) is 4.45. The van der Waals surface area contributed by atoms with Crippen molar-refractivity contribution in [2.45, 2.75) is 32.3 Å². The van der Waals surface area contributed by atoms with Crippen LogP contribution in [0.4, 0.5) is 11.5 Å². The molecule has 1 unspecified atom stereocenters. The smallest absolute Gasteiger partial charge is 0.143 e. The van der Waals surface area contributed by atoms with Gasteiger partial charge in [-0.2, -0.15) is 0 Å². The van der Waals surface area contributed by atoms with Gasteiger partial charge in [-0.1, -0.05) is 0 Å². The van der Waals surface area contributed by atoms with Gasteiger partial charge >= 0.3 is 0 Å². The molecular weight excluding hydrogens is 294 g/mol. The minimum Gasteiger partial charge on any atom is -0.397 e. The average molecular weight is 314 g/mol. The summed E-state index contributed by atoms with van der Waals surface area (Å²) in [5.41, 5.74) is 7.59. The molecule has 1 aromatic heterocycles. The number of nitrogens with zero attached hydrogens (tertiary/aromatic N) is 2. The highest BCUT2D eigenvalue weighted by Crippen LogP contribution is 2.30. The molecule has 0 aromatic carbocycles. The van der Waals surface area contributed by atoms with Crippen molar-refractivity contribution in [3.8, 4) is 0 Å². The lowest BCUT2D eigenvalue weighted by molar-refractivity contribution is 0.0215. The largest absolute Gasteiger partial charge is 0.397 e. The molecule has 1 aliphatic rings. The number of nitrogen functional groups attached to an aromatic ring is 1. The van der Waals surface area contributed by atoms with E-state index in [2.05, 4.69) is 25.8 Å². The Labute approximate surface area is 117 Å². The number of anilines is 2. The average Bonchev–Trinajstić information content (AvgIpc) is 2.37. The van der Waals surface area contributed by atoms with E-state index in [-0.39, 0.29) is 0 Å². The first-order valence-electron chi connectivity index (χ1n) is 6.33. The van der Waals surface area contributed by atoms with E-state index in [4.69, 9.17) is 10.5 Å². The van der Waals surface area contributed by atoms with Gasteiger partial charge in [-0.15, -0.1) is 0 Å². The number of rotatable bonds is 3. The zero-order chi connectivity index (χ0) is 13.1. The molecule has 100 valence electrons. The molecule has 0 radical (unpaired) electrons. The van der Waals surface area contributed by atoms with Crippen molar-refractivity contribution in [1.29, 1.82) is 0 Å². The summed E-state index contributed by atoms with van der Waals surface area (Å²) in [6, 6.07) is 0. The van der Waals surface area contributed by atoms with E-state index in [1.165, 1.54) is 12.8 Å². The number of likely N-dealkylation sites (N-methyl/N-ethyl adjacent to an activating group) is 1. The van der Waals surface area contributed by atoms with Crippen LogP contribution in [0.1, 0.15) is 24.8 Å². The number of aromatic nitrogens is 1. The van der Waals surface area contributed by atoms with E-state index in [1.54, 1.807) is 6.20 Å². The Hall–Kier alpha value is -0.810. The van der Waals surface area contributed by atoms with E-state index < -0.39 is 0 Å². The Bertz CT molecular complexity index is 419. The summed E-state index contributed by atoms with van der Waals surface area (Å²) in [7, 11) is 2.04. The summed E-state index contributed by atoms with van der Waals surface area (Å²) in [5, 5.41) is 0. The molecule has 2 N–H and O–H groups in total. The molecule has 4 nitrogen and oxygen atoms in total.